The van der Waals surface area contributed by atoms with E-state index in [1.807, 2.05) is 0 Å². The largest absolute Gasteiger partial charge is 0.397 e. The van der Waals surface area contributed by atoms with Gasteiger partial charge in [-0.3, -0.25) is 9.78 Å². The molecule has 5 heteroatoms. The molecule has 0 saturated carbocycles. The number of aromatic nitrogens is 1. The van der Waals surface area contributed by atoms with Gasteiger partial charge in [-0.15, -0.1) is 0 Å². The van der Waals surface area contributed by atoms with Crippen molar-refractivity contribution in [2.45, 2.75) is 12.5 Å². The molecule has 2 rings (SSSR count). The van der Waals surface area contributed by atoms with Crippen LogP contribution in [0.15, 0.2) is 18.5 Å². The van der Waals surface area contributed by atoms with Gasteiger partial charge in [0.05, 0.1) is 30.1 Å². The van der Waals surface area contributed by atoms with Crippen LogP contribution in [-0.2, 0) is 4.74 Å². The first-order valence-electron chi connectivity index (χ1n) is 4.85. The molecule has 0 aliphatic carbocycles. The molecule has 1 atom stereocenters. The Labute approximate surface area is 87.6 Å². The number of nitrogen functional groups attached to an aromatic ring is 1. The van der Waals surface area contributed by atoms with Gasteiger partial charge in [0.1, 0.15) is 0 Å². The normalized spacial score (nSPS) is 20.1. The van der Waals surface area contributed by atoms with E-state index in [-0.39, 0.29) is 11.9 Å². The fraction of sp³-hybridized carbons (Fsp3) is 0.400. The Bertz CT molecular complexity index is 361. The van der Waals surface area contributed by atoms with Gasteiger partial charge in [-0.05, 0) is 12.5 Å². The van der Waals surface area contributed by atoms with Gasteiger partial charge in [-0.25, -0.2) is 0 Å². The van der Waals surface area contributed by atoms with Crippen molar-refractivity contribution in [3.63, 3.8) is 0 Å². The summed E-state index contributed by atoms with van der Waals surface area (Å²) in [5.41, 5.74) is 6.51. The zero-order valence-corrected chi connectivity index (χ0v) is 8.27. The van der Waals surface area contributed by atoms with Crippen LogP contribution in [0, 0.1) is 0 Å². The minimum Gasteiger partial charge on any atom is -0.397 e. The molecule has 1 saturated heterocycles. The second-order valence-corrected chi connectivity index (χ2v) is 3.50. The van der Waals surface area contributed by atoms with E-state index in [1.165, 1.54) is 6.20 Å². The Kier molecular flexibility index (Phi) is 2.82. The van der Waals surface area contributed by atoms with Crippen LogP contribution in [0.25, 0.3) is 0 Å². The number of hydrogen-bond acceptors (Lipinski definition) is 4. The quantitative estimate of drug-likeness (QED) is 0.725. The zero-order valence-electron chi connectivity index (χ0n) is 8.27. The van der Waals surface area contributed by atoms with E-state index < -0.39 is 0 Å². The van der Waals surface area contributed by atoms with E-state index in [4.69, 9.17) is 10.5 Å². The first kappa shape index (κ1) is 9.92. The number of anilines is 1. The Balaban J connectivity index is 2.04. The first-order valence-corrected chi connectivity index (χ1v) is 4.85. The predicted octanol–water partition coefficient (Wildman–Crippen LogP) is 0.183. The lowest BCUT2D eigenvalue weighted by atomic mass is 10.2. The summed E-state index contributed by atoms with van der Waals surface area (Å²) in [6, 6.07) is 1.71. The van der Waals surface area contributed by atoms with Crippen LogP contribution in [0.3, 0.4) is 0 Å². The highest BCUT2D eigenvalue weighted by Gasteiger charge is 2.19. The third kappa shape index (κ3) is 2.24. The van der Waals surface area contributed by atoms with Crippen LogP contribution >= 0.6 is 0 Å². The van der Waals surface area contributed by atoms with Crippen molar-refractivity contribution in [1.29, 1.82) is 0 Å². The van der Waals surface area contributed by atoms with Crippen molar-refractivity contribution in [1.82, 2.24) is 10.3 Å². The molecule has 1 aliphatic heterocycles. The number of ether oxygens (including phenoxy) is 1. The highest BCUT2D eigenvalue weighted by molar-refractivity contribution is 5.98. The summed E-state index contributed by atoms with van der Waals surface area (Å²) in [7, 11) is 0. The van der Waals surface area contributed by atoms with Gasteiger partial charge < -0.3 is 15.8 Å². The molecule has 0 aromatic carbocycles. The minimum atomic E-state index is -0.162. The summed E-state index contributed by atoms with van der Waals surface area (Å²) in [6.07, 6.45) is 3.88. The van der Waals surface area contributed by atoms with Gasteiger partial charge in [-0.2, -0.15) is 0 Å². The molecule has 0 radical (unpaired) electrons. The lowest BCUT2D eigenvalue weighted by Crippen LogP contribution is -2.35. The van der Waals surface area contributed by atoms with E-state index in [0.29, 0.717) is 24.5 Å². The van der Waals surface area contributed by atoms with Crippen molar-refractivity contribution >= 4 is 11.6 Å². The number of nitrogens with one attached hydrogen (secondary N) is 1. The Morgan fingerprint density at radius 1 is 1.67 bits per heavy atom. The van der Waals surface area contributed by atoms with Crippen molar-refractivity contribution in [2.75, 3.05) is 18.9 Å². The molecular formula is C10H13N3O2. The number of amides is 1. The van der Waals surface area contributed by atoms with Gasteiger partial charge in [0.2, 0.25) is 0 Å². The molecule has 1 aliphatic rings. The smallest absolute Gasteiger partial charge is 0.253 e. The lowest BCUT2D eigenvalue weighted by molar-refractivity contribution is 0.0930. The van der Waals surface area contributed by atoms with Crippen molar-refractivity contribution in [3.8, 4) is 0 Å². The predicted molar refractivity (Wildman–Crippen MR) is 55.3 cm³/mol. The molecule has 5 nitrogen and oxygen atoms in total. The molecule has 80 valence electrons. The lowest BCUT2D eigenvalue weighted by Gasteiger charge is -2.11. The minimum absolute atomic E-state index is 0.102. The molecule has 0 spiro atoms. The third-order valence-corrected chi connectivity index (χ3v) is 2.36. The molecule has 3 N–H and O–H groups in total. The molecule has 2 heterocycles. The van der Waals surface area contributed by atoms with Crippen LogP contribution in [0.5, 0.6) is 0 Å². The van der Waals surface area contributed by atoms with E-state index in [0.717, 1.165) is 6.42 Å². The zero-order chi connectivity index (χ0) is 10.7. The van der Waals surface area contributed by atoms with Crippen LogP contribution < -0.4 is 11.1 Å². The summed E-state index contributed by atoms with van der Waals surface area (Å²) in [6.45, 7) is 1.29. The number of pyridine rings is 1. The molecule has 1 aromatic rings. The summed E-state index contributed by atoms with van der Waals surface area (Å²) < 4.78 is 5.17. The van der Waals surface area contributed by atoms with E-state index >= 15 is 0 Å². The maximum atomic E-state index is 11.7. The SMILES string of the molecule is Nc1cnccc1C(=O)NC1CCOC1. The number of nitrogens with two attached hydrogens (primary N) is 1. The summed E-state index contributed by atoms with van der Waals surface area (Å²) in [4.78, 5) is 15.6. The Hall–Kier alpha value is -1.62. The van der Waals surface area contributed by atoms with Crippen LogP contribution in [0.2, 0.25) is 0 Å². The standard InChI is InChI=1S/C10H13N3O2/c11-9-5-12-3-1-8(9)10(14)13-7-2-4-15-6-7/h1,3,5,7H,2,4,6,11H2,(H,13,14). The fourth-order valence-electron chi connectivity index (χ4n) is 1.52. The highest BCUT2D eigenvalue weighted by atomic mass is 16.5. The van der Waals surface area contributed by atoms with Gasteiger partial charge in [0.25, 0.3) is 5.91 Å². The molecule has 0 bridgehead atoms. The fourth-order valence-corrected chi connectivity index (χ4v) is 1.52. The molecule has 1 unspecified atom stereocenters. The van der Waals surface area contributed by atoms with Gasteiger partial charge in [0, 0.05) is 12.8 Å². The molecule has 15 heavy (non-hydrogen) atoms. The topological polar surface area (TPSA) is 77.2 Å². The number of carbonyl (C=O) groups is 1. The second-order valence-electron chi connectivity index (χ2n) is 3.50. The number of hydrogen-bond donors (Lipinski definition) is 2. The van der Waals surface area contributed by atoms with Crippen LogP contribution in [0.4, 0.5) is 5.69 Å². The Morgan fingerprint density at radius 2 is 2.53 bits per heavy atom. The molecule has 1 aromatic heterocycles. The maximum Gasteiger partial charge on any atom is 0.253 e. The monoisotopic (exact) mass is 207 g/mol. The number of rotatable bonds is 2. The van der Waals surface area contributed by atoms with Gasteiger partial charge >= 0.3 is 0 Å². The maximum absolute atomic E-state index is 11.7. The second kappa shape index (κ2) is 4.27. The van der Waals surface area contributed by atoms with Gasteiger partial charge in [0.15, 0.2) is 0 Å². The summed E-state index contributed by atoms with van der Waals surface area (Å²) in [5, 5.41) is 2.86. The first-order chi connectivity index (χ1) is 7.27. The molecule has 1 fully saturated rings. The van der Waals surface area contributed by atoms with E-state index in [2.05, 4.69) is 10.3 Å². The number of carbonyl (C=O) groups excluding carboxylic acids is 1. The average molecular weight is 207 g/mol. The van der Waals surface area contributed by atoms with E-state index in [9.17, 15) is 4.79 Å². The molecule has 1 amide bonds. The Morgan fingerprint density at radius 3 is 3.20 bits per heavy atom. The average Bonchev–Trinajstić information content (AvgIpc) is 2.71. The van der Waals surface area contributed by atoms with Gasteiger partial charge in [-0.1, -0.05) is 0 Å². The van der Waals surface area contributed by atoms with E-state index in [1.54, 1.807) is 12.3 Å². The van der Waals surface area contributed by atoms with Crippen LogP contribution in [0.1, 0.15) is 16.8 Å². The van der Waals surface area contributed by atoms with Crippen molar-refractivity contribution in [2.24, 2.45) is 0 Å². The number of nitrogens with zero attached hydrogens (tertiary/aromatic N) is 1. The summed E-state index contributed by atoms with van der Waals surface area (Å²) in [5.74, 6) is -0.162. The van der Waals surface area contributed by atoms with Crippen molar-refractivity contribution < 1.29 is 9.53 Å². The molecular weight excluding hydrogens is 194 g/mol. The van der Waals surface area contributed by atoms with Crippen molar-refractivity contribution in [3.05, 3.63) is 24.0 Å². The van der Waals surface area contributed by atoms with Crippen LogP contribution in [-0.4, -0.2) is 30.1 Å². The third-order valence-electron chi connectivity index (χ3n) is 2.36. The summed E-state index contributed by atoms with van der Waals surface area (Å²) >= 11 is 0. The highest BCUT2D eigenvalue weighted by Crippen LogP contribution is 2.10.